The molecule has 2 aromatic rings. The number of carbonyl (C=O) groups is 1. The minimum atomic E-state index is -0.841. The summed E-state index contributed by atoms with van der Waals surface area (Å²) in [6, 6.07) is 6.09. The van der Waals surface area contributed by atoms with Crippen LogP contribution in [0.2, 0.25) is 0 Å². The van der Waals surface area contributed by atoms with Gasteiger partial charge in [-0.1, -0.05) is 6.07 Å². The number of carbonyl (C=O) groups excluding carboxylic acids is 1. The normalized spacial score (nSPS) is 10.3. The van der Waals surface area contributed by atoms with Gasteiger partial charge in [-0.15, -0.1) is 0 Å². The molecule has 0 fully saturated rings. The molecule has 104 valence electrons. The number of anilines is 1. The molecule has 2 rings (SSSR count). The smallest absolute Gasteiger partial charge is 0.228 e. The zero-order chi connectivity index (χ0) is 14.7. The third kappa shape index (κ3) is 3.28. The zero-order valence-electron chi connectivity index (χ0n) is 10.2. The highest BCUT2D eigenvalue weighted by molar-refractivity contribution is 5.92. The van der Waals surface area contributed by atoms with E-state index >= 15 is 0 Å². The maximum Gasteiger partial charge on any atom is 0.228 e. The van der Waals surface area contributed by atoms with Gasteiger partial charge in [-0.25, -0.2) is 13.2 Å². The number of benzene rings is 2. The fourth-order valence-electron chi connectivity index (χ4n) is 1.64. The van der Waals surface area contributed by atoms with E-state index in [0.29, 0.717) is 6.07 Å². The van der Waals surface area contributed by atoms with Crippen molar-refractivity contribution >= 4 is 11.6 Å². The summed E-state index contributed by atoms with van der Waals surface area (Å²) in [4.78, 5) is 11.7. The van der Waals surface area contributed by atoms with Crippen LogP contribution >= 0.6 is 0 Å². The van der Waals surface area contributed by atoms with Crippen LogP contribution in [-0.2, 0) is 11.2 Å². The van der Waals surface area contributed by atoms with Gasteiger partial charge in [0.15, 0.2) is 0 Å². The fourth-order valence-corrected chi connectivity index (χ4v) is 1.64. The maximum absolute atomic E-state index is 13.4. The number of rotatable bonds is 3. The monoisotopic (exact) mass is 281 g/mol. The highest BCUT2D eigenvalue weighted by atomic mass is 19.1. The molecule has 0 radical (unpaired) electrons. The summed E-state index contributed by atoms with van der Waals surface area (Å²) in [5.41, 5.74) is -0.126. The molecule has 0 aliphatic rings. The van der Waals surface area contributed by atoms with Crippen molar-refractivity contribution in [3.05, 3.63) is 59.4 Å². The molecule has 0 aliphatic heterocycles. The van der Waals surface area contributed by atoms with E-state index in [1.165, 1.54) is 12.1 Å². The number of amides is 1. The molecule has 0 atom stereocenters. The van der Waals surface area contributed by atoms with Crippen LogP contribution < -0.4 is 5.32 Å². The Hall–Kier alpha value is -2.50. The predicted molar refractivity (Wildman–Crippen MR) is 66.8 cm³/mol. The van der Waals surface area contributed by atoms with Gasteiger partial charge in [-0.3, -0.25) is 4.79 Å². The van der Waals surface area contributed by atoms with E-state index in [-0.39, 0.29) is 23.4 Å². The van der Waals surface area contributed by atoms with E-state index in [9.17, 15) is 18.0 Å². The molecular weight excluding hydrogens is 271 g/mol. The van der Waals surface area contributed by atoms with Crippen molar-refractivity contribution in [1.82, 2.24) is 0 Å². The van der Waals surface area contributed by atoms with E-state index in [2.05, 4.69) is 5.32 Å². The lowest BCUT2D eigenvalue weighted by molar-refractivity contribution is -0.115. The topological polar surface area (TPSA) is 49.3 Å². The molecule has 0 aromatic heterocycles. The first-order valence-corrected chi connectivity index (χ1v) is 5.68. The molecule has 1 amide bonds. The number of hydrogen-bond acceptors (Lipinski definition) is 2. The fraction of sp³-hybridized carbons (Fsp3) is 0.0714. The molecule has 2 aromatic carbocycles. The molecule has 0 spiro atoms. The van der Waals surface area contributed by atoms with Gasteiger partial charge in [0.05, 0.1) is 12.1 Å². The summed E-state index contributed by atoms with van der Waals surface area (Å²) in [7, 11) is 0. The van der Waals surface area contributed by atoms with Gasteiger partial charge in [0.25, 0.3) is 0 Å². The summed E-state index contributed by atoms with van der Waals surface area (Å²) >= 11 is 0. The molecule has 20 heavy (non-hydrogen) atoms. The van der Waals surface area contributed by atoms with E-state index in [4.69, 9.17) is 5.11 Å². The zero-order valence-corrected chi connectivity index (χ0v) is 10.2. The summed E-state index contributed by atoms with van der Waals surface area (Å²) < 4.78 is 39.4. The van der Waals surface area contributed by atoms with Crippen LogP contribution in [0.25, 0.3) is 0 Å². The number of hydrogen-bond donors (Lipinski definition) is 2. The van der Waals surface area contributed by atoms with Gasteiger partial charge in [0.2, 0.25) is 5.91 Å². The Morgan fingerprint density at radius 3 is 2.45 bits per heavy atom. The van der Waals surface area contributed by atoms with Crippen LogP contribution in [0.4, 0.5) is 18.9 Å². The molecule has 3 nitrogen and oxygen atoms in total. The average molecular weight is 281 g/mol. The van der Waals surface area contributed by atoms with Crippen molar-refractivity contribution in [1.29, 1.82) is 0 Å². The minimum Gasteiger partial charge on any atom is -0.508 e. The Labute approximate surface area is 112 Å². The highest BCUT2D eigenvalue weighted by Crippen LogP contribution is 2.20. The molecule has 0 heterocycles. The number of nitrogens with one attached hydrogen (secondary N) is 1. The maximum atomic E-state index is 13.4. The van der Waals surface area contributed by atoms with Gasteiger partial charge in [-0.2, -0.15) is 0 Å². The molecule has 6 heteroatoms. The first-order valence-electron chi connectivity index (χ1n) is 5.68. The number of phenols is 1. The third-order valence-electron chi connectivity index (χ3n) is 2.59. The van der Waals surface area contributed by atoms with Crippen molar-refractivity contribution in [2.45, 2.75) is 6.42 Å². The van der Waals surface area contributed by atoms with Gasteiger partial charge in [0, 0.05) is 12.1 Å². The molecule has 0 unspecified atom stereocenters. The minimum absolute atomic E-state index is 0.00286. The number of halogens is 3. The van der Waals surface area contributed by atoms with Crippen molar-refractivity contribution in [3.8, 4) is 5.75 Å². The highest BCUT2D eigenvalue weighted by Gasteiger charge is 2.11. The lowest BCUT2D eigenvalue weighted by atomic mass is 10.1. The summed E-state index contributed by atoms with van der Waals surface area (Å²) in [5, 5.41) is 11.3. The van der Waals surface area contributed by atoms with Crippen LogP contribution in [0.5, 0.6) is 5.75 Å². The predicted octanol–water partition coefficient (Wildman–Crippen LogP) is 2.99. The van der Waals surface area contributed by atoms with Crippen LogP contribution in [0.3, 0.4) is 0 Å². The van der Waals surface area contributed by atoms with E-state index in [0.717, 1.165) is 18.2 Å². The van der Waals surface area contributed by atoms with Gasteiger partial charge in [-0.05, 0) is 23.8 Å². The Kier molecular flexibility index (Phi) is 3.93. The quantitative estimate of drug-likeness (QED) is 0.850. The lowest BCUT2D eigenvalue weighted by Crippen LogP contribution is -2.16. The first kappa shape index (κ1) is 13.9. The molecular formula is C14H10F3NO2. The Morgan fingerprint density at radius 2 is 1.80 bits per heavy atom. The van der Waals surface area contributed by atoms with Crippen LogP contribution in [0.15, 0.2) is 36.4 Å². The summed E-state index contributed by atoms with van der Waals surface area (Å²) in [5.74, 6) is -3.31. The van der Waals surface area contributed by atoms with Gasteiger partial charge < -0.3 is 10.4 Å². The molecule has 0 saturated heterocycles. The van der Waals surface area contributed by atoms with Crippen LogP contribution in [0.1, 0.15) is 5.56 Å². The molecule has 2 N–H and O–H groups in total. The second-order valence-corrected chi connectivity index (χ2v) is 4.12. The van der Waals surface area contributed by atoms with Crippen LogP contribution in [0, 0.1) is 17.5 Å². The van der Waals surface area contributed by atoms with E-state index in [1.807, 2.05) is 0 Å². The summed E-state index contributed by atoms with van der Waals surface area (Å²) in [6.07, 6.45) is -0.355. The van der Waals surface area contributed by atoms with Gasteiger partial charge >= 0.3 is 0 Å². The number of phenolic OH excluding ortho intramolecular Hbond substituents is 1. The molecule has 0 aliphatic carbocycles. The van der Waals surface area contributed by atoms with Crippen molar-refractivity contribution < 1.29 is 23.1 Å². The Morgan fingerprint density at radius 1 is 1.05 bits per heavy atom. The molecule has 0 saturated carbocycles. The lowest BCUT2D eigenvalue weighted by Gasteiger charge is -2.07. The van der Waals surface area contributed by atoms with Crippen molar-refractivity contribution in [3.63, 3.8) is 0 Å². The summed E-state index contributed by atoms with van der Waals surface area (Å²) in [6.45, 7) is 0. The average Bonchev–Trinajstić information content (AvgIpc) is 2.36. The standard InChI is InChI=1S/C14H10F3NO2/c15-9-2-1-8(11(16)6-9)5-14(20)18-13-4-3-10(19)7-12(13)17/h1-4,6-7,19H,5H2,(H,18,20). The largest absolute Gasteiger partial charge is 0.508 e. The first-order chi connectivity index (χ1) is 9.45. The SMILES string of the molecule is O=C(Cc1ccc(F)cc1F)Nc1ccc(O)cc1F. The Balaban J connectivity index is 2.09. The van der Waals surface area contributed by atoms with Crippen molar-refractivity contribution in [2.75, 3.05) is 5.32 Å². The van der Waals surface area contributed by atoms with Crippen LogP contribution in [-0.4, -0.2) is 11.0 Å². The third-order valence-corrected chi connectivity index (χ3v) is 2.59. The van der Waals surface area contributed by atoms with Gasteiger partial charge in [0.1, 0.15) is 23.2 Å². The second-order valence-electron chi connectivity index (χ2n) is 4.12. The second kappa shape index (κ2) is 5.64. The van der Waals surface area contributed by atoms with E-state index < -0.39 is 23.4 Å². The van der Waals surface area contributed by atoms with Crippen molar-refractivity contribution in [2.24, 2.45) is 0 Å². The Bertz CT molecular complexity index is 603. The molecule has 0 bridgehead atoms. The van der Waals surface area contributed by atoms with E-state index in [1.54, 1.807) is 0 Å². The number of aromatic hydroxyl groups is 1.